The number of carbonyl (C=O) groups excluding carboxylic acids is 1. The Kier molecular flexibility index (Phi) is 5.85. The van der Waals surface area contributed by atoms with E-state index in [0.29, 0.717) is 12.0 Å². The molecule has 8 nitrogen and oxygen atoms in total. The molecular formula is C23H30N4O4. The van der Waals surface area contributed by atoms with Crippen LogP contribution in [0.2, 0.25) is 0 Å². The van der Waals surface area contributed by atoms with Crippen molar-refractivity contribution in [1.29, 1.82) is 0 Å². The smallest absolute Gasteiger partial charge is 0.328 e. The van der Waals surface area contributed by atoms with E-state index >= 15 is 0 Å². The summed E-state index contributed by atoms with van der Waals surface area (Å²) >= 11 is 0. The highest BCUT2D eigenvalue weighted by Crippen LogP contribution is 2.38. The van der Waals surface area contributed by atoms with Crippen LogP contribution >= 0.6 is 0 Å². The summed E-state index contributed by atoms with van der Waals surface area (Å²) in [6.07, 6.45) is 2.78. The van der Waals surface area contributed by atoms with Crippen LogP contribution in [0.3, 0.4) is 0 Å². The van der Waals surface area contributed by atoms with E-state index in [2.05, 4.69) is 29.1 Å². The molecule has 0 aliphatic carbocycles. The van der Waals surface area contributed by atoms with Gasteiger partial charge in [-0.25, -0.2) is 4.79 Å². The van der Waals surface area contributed by atoms with Gasteiger partial charge in [0.25, 0.3) is 5.56 Å². The zero-order chi connectivity index (χ0) is 22.2. The molecule has 2 aliphatic heterocycles. The van der Waals surface area contributed by atoms with Gasteiger partial charge in [-0.05, 0) is 51.9 Å². The van der Waals surface area contributed by atoms with Crippen LogP contribution in [-0.4, -0.2) is 69.7 Å². The number of aliphatic hydroxyl groups is 1. The number of nitrogens with zero attached hydrogens (tertiary/aromatic N) is 3. The van der Waals surface area contributed by atoms with Gasteiger partial charge in [0.15, 0.2) is 0 Å². The molecule has 2 saturated heterocycles. The molecule has 2 aliphatic rings. The Morgan fingerprint density at radius 2 is 1.84 bits per heavy atom. The first-order chi connectivity index (χ1) is 14.8. The third-order valence-corrected chi connectivity index (χ3v) is 6.83. The second-order valence-electron chi connectivity index (χ2n) is 9.07. The zero-order valence-electron chi connectivity index (χ0n) is 18.1. The normalized spacial score (nSPS) is 23.8. The molecule has 2 fully saturated rings. The Bertz CT molecular complexity index is 1050. The monoisotopic (exact) mass is 426 g/mol. The number of hydrogen-bond acceptors (Lipinski definition) is 5. The molecule has 2 N–H and O–H groups in total. The van der Waals surface area contributed by atoms with Crippen molar-refractivity contribution >= 4 is 5.91 Å². The predicted molar refractivity (Wildman–Crippen MR) is 117 cm³/mol. The number of carbonyl (C=O) groups is 1. The molecule has 0 unspecified atom stereocenters. The largest absolute Gasteiger partial charge is 0.389 e. The van der Waals surface area contributed by atoms with Crippen molar-refractivity contribution in [3.8, 4) is 0 Å². The number of amides is 1. The summed E-state index contributed by atoms with van der Waals surface area (Å²) in [6.45, 7) is 3.73. The number of aromatic nitrogens is 2. The maximum Gasteiger partial charge on any atom is 0.328 e. The number of hydrogen-bond donors (Lipinski definition) is 2. The van der Waals surface area contributed by atoms with Crippen molar-refractivity contribution in [2.45, 2.75) is 38.3 Å². The van der Waals surface area contributed by atoms with Gasteiger partial charge in [-0.1, -0.05) is 30.3 Å². The van der Waals surface area contributed by atoms with Crippen LogP contribution in [-0.2, 0) is 11.2 Å². The first-order valence-electron chi connectivity index (χ1n) is 10.8. The van der Waals surface area contributed by atoms with E-state index in [1.54, 1.807) is 11.8 Å². The molecule has 8 heteroatoms. The van der Waals surface area contributed by atoms with Crippen LogP contribution in [0.4, 0.5) is 0 Å². The number of benzene rings is 1. The van der Waals surface area contributed by atoms with Crippen LogP contribution in [0, 0.1) is 12.3 Å². The molecule has 1 amide bonds. The van der Waals surface area contributed by atoms with E-state index in [9.17, 15) is 19.5 Å². The number of rotatable bonds is 4. The van der Waals surface area contributed by atoms with Crippen LogP contribution in [0.25, 0.3) is 0 Å². The highest BCUT2D eigenvalue weighted by atomic mass is 16.3. The van der Waals surface area contributed by atoms with Gasteiger partial charge >= 0.3 is 5.69 Å². The maximum atomic E-state index is 13.8. The van der Waals surface area contributed by atoms with E-state index in [1.807, 2.05) is 18.2 Å². The Balaban J connectivity index is 1.60. The lowest BCUT2D eigenvalue weighted by atomic mass is 9.72. The Morgan fingerprint density at radius 3 is 2.52 bits per heavy atom. The molecule has 4 rings (SSSR count). The van der Waals surface area contributed by atoms with Gasteiger partial charge in [0, 0.05) is 24.8 Å². The molecule has 0 bridgehead atoms. The van der Waals surface area contributed by atoms with Crippen LogP contribution < -0.4 is 11.2 Å². The molecule has 0 radical (unpaired) electrons. The SMILES string of the molecule is Cc1cn([C@H]2CN(C(=O)C3(Cc4ccccc4)CCN(C)CC3)C[C@@H]2O)c(=O)[nH]c1=O. The highest BCUT2D eigenvalue weighted by Gasteiger charge is 2.46. The number of nitrogens with one attached hydrogen (secondary N) is 1. The number of β-amino-alcohol motifs (C(OH)–C–C–N with tert-alkyl or cyclic N) is 1. The maximum absolute atomic E-state index is 13.8. The lowest BCUT2D eigenvalue weighted by Gasteiger charge is -2.41. The topological polar surface area (TPSA) is 98.6 Å². The highest BCUT2D eigenvalue weighted by molar-refractivity contribution is 5.83. The second-order valence-corrected chi connectivity index (χ2v) is 9.07. The number of H-pyrrole nitrogens is 1. The first kappa shape index (κ1) is 21.5. The van der Waals surface area contributed by atoms with E-state index in [4.69, 9.17) is 0 Å². The fraction of sp³-hybridized carbons (Fsp3) is 0.522. The Morgan fingerprint density at radius 1 is 1.16 bits per heavy atom. The Hall–Kier alpha value is -2.71. The summed E-state index contributed by atoms with van der Waals surface area (Å²) in [5, 5.41) is 10.7. The molecular weight excluding hydrogens is 396 g/mol. The number of aromatic amines is 1. The summed E-state index contributed by atoms with van der Waals surface area (Å²) < 4.78 is 1.35. The molecule has 166 valence electrons. The first-order valence-corrected chi connectivity index (χ1v) is 10.8. The van der Waals surface area contributed by atoms with E-state index in [1.165, 1.54) is 10.8 Å². The Labute approximate surface area is 181 Å². The predicted octanol–water partition coefficient (Wildman–Crippen LogP) is 0.544. The van der Waals surface area contributed by atoms with Crippen molar-refractivity contribution in [2.24, 2.45) is 5.41 Å². The standard InChI is InChI=1S/C23H30N4O4/c1-16-13-27(22(31)24-20(16)29)18-14-26(15-19(18)28)21(30)23(8-10-25(2)11-9-23)12-17-6-4-3-5-7-17/h3-7,13,18-19,28H,8-12,14-15H2,1-2H3,(H,24,29,31)/t18-,19-/m0/s1. The zero-order valence-corrected chi connectivity index (χ0v) is 18.1. The van der Waals surface area contributed by atoms with Crippen molar-refractivity contribution in [3.05, 3.63) is 68.5 Å². The lowest BCUT2D eigenvalue weighted by Crippen LogP contribution is -2.50. The second kappa shape index (κ2) is 8.43. The van der Waals surface area contributed by atoms with Gasteiger partial charge in [-0.3, -0.25) is 19.1 Å². The fourth-order valence-corrected chi connectivity index (χ4v) is 4.88. The minimum absolute atomic E-state index is 0.0419. The molecule has 0 saturated carbocycles. The van der Waals surface area contributed by atoms with Gasteiger partial charge < -0.3 is 14.9 Å². The van der Waals surface area contributed by atoms with Gasteiger partial charge in [-0.15, -0.1) is 0 Å². The molecule has 1 aromatic carbocycles. The van der Waals surface area contributed by atoms with E-state index in [-0.39, 0.29) is 19.0 Å². The van der Waals surface area contributed by atoms with Crippen molar-refractivity contribution in [1.82, 2.24) is 19.4 Å². The molecule has 31 heavy (non-hydrogen) atoms. The van der Waals surface area contributed by atoms with Gasteiger partial charge in [0.2, 0.25) is 5.91 Å². The van der Waals surface area contributed by atoms with Gasteiger partial charge in [0.1, 0.15) is 0 Å². The van der Waals surface area contributed by atoms with Crippen LogP contribution in [0.15, 0.2) is 46.1 Å². The molecule has 0 spiro atoms. The fourth-order valence-electron chi connectivity index (χ4n) is 4.88. The molecule has 1 aromatic heterocycles. The minimum atomic E-state index is -0.869. The summed E-state index contributed by atoms with van der Waals surface area (Å²) in [5.74, 6) is 0.0419. The summed E-state index contributed by atoms with van der Waals surface area (Å²) in [7, 11) is 2.07. The quantitative estimate of drug-likeness (QED) is 0.744. The van der Waals surface area contributed by atoms with Gasteiger partial charge in [0.05, 0.1) is 17.6 Å². The van der Waals surface area contributed by atoms with E-state index in [0.717, 1.165) is 31.5 Å². The van der Waals surface area contributed by atoms with Crippen molar-refractivity contribution < 1.29 is 9.90 Å². The van der Waals surface area contributed by atoms with Gasteiger partial charge in [-0.2, -0.15) is 0 Å². The number of likely N-dealkylation sites (tertiary alicyclic amines) is 2. The number of aryl methyl sites for hydroxylation is 1. The van der Waals surface area contributed by atoms with Crippen molar-refractivity contribution in [3.63, 3.8) is 0 Å². The number of piperidine rings is 1. The molecule has 2 atom stereocenters. The number of aliphatic hydroxyl groups excluding tert-OH is 1. The lowest BCUT2D eigenvalue weighted by molar-refractivity contribution is -0.144. The van der Waals surface area contributed by atoms with Crippen LogP contribution in [0.1, 0.15) is 30.0 Å². The minimum Gasteiger partial charge on any atom is -0.389 e. The average Bonchev–Trinajstić information content (AvgIpc) is 3.14. The van der Waals surface area contributed by atoms with E-state index < -0.39 is 28.8 Å². The summed E-state index contributed by atoms with van der Waals surface area (Å²) in [4.78, 5) is 44.1. The molecule has 3 heterocycles. The summed E-state index contributed by atoms with van der Waals surface area (Å²) in [6, 6.07) is 9.48. The van der Waals surface area contributed by atoms with Crippen molar-refractivity contribution in [2.75, 3.05) is 33.2 Å². The third kappa shape index (κ3) is 4.22. The summed E-state index contributed by atoms with van der Waals surface area (Å²) in [5.41, 5.74) is 0.00705. The third-order valence-electron chi connectivity index (χ3n) is 6.83. The average molecular weight is 427 g/mol. The molecule has 2 aromatic rings. The van der Waals surface area contributed by atoms with Crippen LogP contribution in [0.5, 0.6) is 0 Å².